The number of hydrogen-bond acceptors (Lipinski definition) is 4. The highest BCUT2D eigenvalue weighted by Crippen LogP contribution is 2.27. The monoisotopic (exact) mass is 427 g/mol. The molecule has 162 valence electrons. The van der Waals surface area contributed by atoms with Crippen molar-refractivity contribution >= 4 is 5.91 Å². The van der Waals surface area contributed by atoms with Crippen LogP contribution in [0.15, 0.2) is 85.1 Å². The van der Waals surface area contributed by atoms with Crippen molar-refractivity contribution in [3.05, 3.63) is 102 Å². The summed E-state index contributed by atoms with van der Waals surface area (Å²) in [7, 11) is 1.61. The van der Waals surface area contributed by atoms with Crippen molar-refractivity contribution in [3.8, 4) is 22.8 Å². The Morgan fingerprint density at radius 2 is 1.84 bits per heavy atom. The van der Waals surface area contributed by atoms with Gasteiger partial charge in [0.2, 0.25) is 0 Å². The van der Waals surface area contributed by atoms with E-state index in [9.17, 15) is 9.90 Å². The van der Waals surface area contributed by atoms with E-state index in [4.69, 9.17) is 9.84 Å². The summed E-state index contributed by atoms with van der Waals surface area (Å²) in [5.74, 6) is 0.619. The number of benzene rings is 3. The fourth-order valence-corrected chi connectivity index (χ4v) is 3.57. The SMILES string of the molecule is COc1cccc(-c2nn(Cc3ccccc3)cc2C(=O)NC(C)c2cccc(O)c2)c1. The second-order valence-corrected chi connectivity index (χ2v) is 7.60. The summed E-state index contributed by atoms with van der Waals surface area (Å²) in [5.41, 5.74) is 3.76. The first-order chi connectivity index (χ1) is 15.5. The zero-order valence-corrected chi connectivity index (χ0v) is 18.0. The molecule has 4 rings (SSSR count). The molecule has 1 unspecified atom stereocenters. The average molecular weight is 428 g/mol. The molecule has 32 heavy (non-hydrogen) atoms. The number of nitrogens with zero attached hydrogens (tertiary/aromatic N) is 2. The highest BCUT2D eigenvalue weighted by atomic mass is 16.5. The molecule has 1 atom stereocenters. The number of phenols is 1. The first-order valence-electron chi connectivity index (χ1n) is 10.4. The van der Waals surface area contributed by atoms with Crippen LogP contribution in [0.5, 0.6) is 11.5 Å². The lowest BCUT2D eigenvalue weighted by molar-refractivity contribution is 0.0940. The van der Waals surface area contributed by atoms with Gasteiger partial charge in [0.25, 0.3) is 5.91 Å². The lowest BCUT2D eigenvalue weighted by Gasteiger charge is -2.14. The molecule has 1 heterocycles. The average Bonchev–Trinajstić information content (AvgIpc) is 3.23. The molecule has 6 nitrogen and oxygen atoms in total. The number of methoxy groups -OCH3 is 1. The lowest BCUT2D eigenvalue weighted by atomic mass is 10.1. The van der Waals surface area contributed by atoms with Crippen LogP contribution in [-0.4, -0.2) is 27.9 Å². The number of phenolic OH excluding ortho intramolecular Hbond substituents is 1. The minimum atomic E-state index is -0.287. The predicted octanol–water partition coefficient (Wildman–Crippen LogP) is 4.80. The van der Waals surface area contributed by atoms with E-state index in [1.165, 1.54) is 0 Å². The van der Waals surface area contributed by atoms with E-state index in [1.807, 2.05) is 67.6 Å². The zero-order valence-electron chi connectivity index (χ0n) is 18.0. The number of hydrogen-bond donors (Lipinski definition) is 2. The molecule has 0 aliphatic carbocycles. The smallest absolute Gasteiger partial charge is 0.255 e. The number of amides is 1. The summed E-state index contributed by atoms with van der Waals surface area (Å²) in [5, 5.41) is 17.5. The van der Waals surface area contributed by atoms with Crippen molar-refractivity contribution in [1.82, 2.24) is 15.1 Å². The Morgan fingerprint density at radius 3 is 2.59 bits per heavy atom. The maximum Gasteiger partial charge on any atom is 0.255 e. The van der Waals surface area contributed by atoms with Gasteiger partial charge in [-0.2, -0.15) is 5.10 Å². The third kappa shape index (κ3) is 4.81. The first-order valence-corrected chi connectivity index (χ1v) is 10.4. The molecule has 0 saturated heterocycles. The van der Waals surface area contributed by atoms with E-state index in [0.717, 1.165) is 16.7 Å². The standard InChI is InChI=1S/C26H25N3O3/c1-18(20-10-6-12-22(30)14-20)27-26(31)24-17-29(16-19-8-4-3-5-9-19)28-25(24)21-11-7-13-23(15-21)32-2/h3-15,17-18,30H,16H2,1-2H3,(H,27,31). The van der Waals surface area contributed by atoms with Crippen molar-refractivity contribution in [3.63, 3.8) is 0 Å². The summed E-state index contributed by atoms with van der Waals surface area (Å²) in [6.45, 7) is 2.43. The topological polar surface area (TPSA) is 76.4 Å². The summed E-state index contributed by atoms with van der Waals surface area (Å²) < 4.78 is 7.13. The number of ether oxygens (including phenoxy) is 1. The molecule has 3 aromatic carbocycles. The summed E-state index contributed by atoms with van der Waals surface area (Å²) in [6.07, 6.45) is 1.77. The molecule has 0 saturated carbocycles. The van der Waals surface area contributed by atoms with Gasteiger partial charge in [0, 0.05) is 11.8 Å². The van der Waals surface area contributed by atoms with Crippen LogP contribution >= 0.6 is 0 Å². The van der Waals surface area contributed by atoms with Crippen LogP contribution in [0.4, 0.5) is 0 Å². The van der Waals surface area contributed by atoms with Crippen molar-refractivity contribution in [2.75, 3.05) is 7.11 Å². The summed E-state index contributed by atoms with van der Waals surface area (Å²) in [6, 6.07) is 24.1. The Kier molecular flexibility index (Phi) is 6.22. The highest BCUT2D eigenvalue weighted by Gasteiger charge is 2.20. The minimum Gasteiger partial charge on any atom is -0.508 e. The lowest BCUT2D eigenvalue weighted by Crippen LogP contribution is -2.26. The molecule has 0 aliphatic heterocycles. The normalized spacial score (nSPS) is 11.7. The molecule has 1 amide bonds. The van der Waals surface area contributed by atoms with Crippen LogP contribution in [-0.2, 0) is 6.54 Å². The van der Waals surface area contributed by atoms with Crippen LogP contribution < -0.4 is 10.1 Å². The zero-order chi connectivity index (χ0) is 22.5. The van der Waals surface area contributed by atoms with Gasteiger partial charge < -0.3 is 15.2 Å². The molecular weight excluding hydrogens is 402 g/mol. The van der Waals surface area contributed by atoms with Crippen molar-refractivity contribution < 1.29 is 14.6 Å². The van der Waals surface area contributed by atoms with Crippen molar-refractivity contribution in [2.24, 2.45) is 0 Å². The molecule has 1 aromatic heterocycles. The predicted molar refractivity (Wildman–Crippen MR) is 124 cm³/mol. The van der Waals surface area contributed by atoms with Gasteiger partial charge in [-0.05, 0) is 42.3 Å². The number of aromatic nitrogens is 2. The van der Waals surface area contributed by atoms with Gasteiger partial charge in [0.05, 0.1) is 25.3 Å². The van der Waals surface area contributed by atoms with Gasteiger partial charge in [-0.1, -0.05) is 54.6 Å². The Labute approximate surface area is 187 Å². The minimum absolute atomic E-state index is 0.163. The highest BCUT2D eigenvalue weighted by molar-refractivity contribution is 6.00. The maximum atomic E-state index is 13.3. The third-order valence-electron chi connectivity index (χ3n) is 5.25. The molecule has 0 radical (unpaired) electrons. The molecule has 0 spiro atoms. The van der Waals surface area contributed by atoms with Gasteiger partial charge in [0.15, 0.2) is 0 Å². The Balaban J connectivity index is 1.67. The van der Waals surface area contributed by atoms with Gasteiger partial charge in [-0.15, -0.1) is 0 Å². The van der Waals surface area contributed by atoms with Crippen LogP contribution in [0.3, 0.4) is 0 Å². The summed E-state index contributed by atoms with van der Waals surface area (Å²) >= 11 is 0. The van der Waals surface area contributed by atoms with Crippen LogP contribution in [0.25, 0.3) is 11.3 Å². The molecule has 4 aromatic rings. The number of carbonyl (C=O) groups excluding carboxylic acids is 1. The fraction of sp³-hybridized carbons (Fsp3) is 0.154. The van der Waals surface area contributed by atoms with Crippen LogP contribution in [0.1, 0.15) is 34.5 Å². The third-order valence-corrected chi connectivity index (χ3v) is 5.25. The Bertz CT molecular complexity index is 1220. The molecule has 0 aliphatic rings. The first kappa shape index (κ1) is 21.2. The van der Waals surface area contributed by atoms with Crippen LogP contribution in [0.2, 0.25) is 0 Å². The number of carbonyl (C=O) groups is 1. The fourth-order valence-electron chi connectivity index (χ4n) is 3.57. The molecule has 2 N–H and O–H groups in total. The number of aromatic hydroxyl groups is 1. The van der Waals surface area contributed by atoms with Gasteiger partial charge >= 0.3 is 0 Å². The van der Waals surface area contributed by atoms with E-state index in [0.29, 0.717) is 23.6 Å². The van der Waals surface area contributed by atoms with Crippen molar-refractivity contribution in [1.29, 1.82) is 0 Å². The van der Waals surface area contributed by atoms with Gasteiger partial charge in [-0.3, -0.25) is 9.48 Å². The summed E-state index contributed by atoms with van der Waals surface area (Å²) in [4.78, 5) is 13.3. The van der Waals surface area contributed by atoms with Gasteiger partial charge in [0.1, 0.15) is 17.2 Å². The van der Waals surface area contributed by atoms with Crippen LogP contribution in [0, 0.1) is 0 Å². The molecule has 6 heteroatoms. The van der Waals surface area contributed by atoms with E-state index < -0.39 is 0 Å². The van der Waals surface area contributed by atoms with E-state index >= 15 is 0 Å². The largest absolute Gasteiger partial charge is 0.508 e. The maximum absolute atomic E-state index is 13.3. The Morgan fingerprint density at radius 1 is 1.06 bits per heavy atom. The Hall–Kier alpha value is -4.06. The molecule has 0 bridgehead atoms. The molecular formula is C26H25N3O3. The second-order valence-electron chi connectivity index (χ2n) is 7.60. The number of rotatable bonds is 7. The quantitative estimate of drug-likeness (QED) is 0.444. The van der Waals surface area contributed by atoms with Crippen molar-refractivity contribution in [2.45, 2.75) is 19.5 Å². The van der Waals surface area contributed by atoms with E-state index in [-0.39, 0.29) is 17.7 Å². The van der Waals surface area contributed by atoms with E-state index in [1.54, 1.807) is 36.2 Å². The molecule has 0 fully saturated rings. The van der Waals surface area contributed by atoms with E-state index in [2.05, 4.69) is 5.32 Å². The second kappa shape index (κ2) is 9.39. The van der Waals surface area contributed by atoms with Gasteiger partial charge in [-0.25, -0.2) is 0 Å². The number of nitrogens with one attached hydrogen (secondary N) is 1.